The molecule has 50 heavy (non-hydrogen) atoms. The highest BCUT2D eigenvalue weighted by molar-refractivity contribution is 7.89. The maximum absolute atomic E-state index is 12.5. The highest BCUT2D eigenvalue weighted by atomic mass is 32.2. The summed E-state index contributed by atoms with van der Waals surface area (Å²) in [6, 6.07) is 8.26. The van der Waals surface area contributed by atoms with Crippen LogP contribution in [0.2, 0.25) is 0 Å². The summed E-state index contributed by atoms with van der Waals surface area (Å²) < 4.78 is 133. The molecule has 2 aliphatic carbocycles. The smallest absolute Gasteiger partial charge is 0.381 e. The highest BCUT2D eigenvalue weighted by Crippen LogP contribution is 2.32. The van der Waals surface area contributed by atoms with Gasteiger partial charge in [-0.25, -0.2) is 26.3 Å². The van der Waals surface area contributed by atoms with E-state index in [9.17, 15) is 48.0 Å². The lowest BCUT2D eigenvalue weighted by Gasteiger charge is -2.27. The number of nitriles is 1. The predicted octanol–water partition coefficient (Wildman–Crippen LogP) is 5.89. The number of benzene rings is 2. The summed E-state index contributed by atoms with van der Waals surface area (Å²) in [5.41, 5.74) is 3.42. The van der Waals surface area contributed by atoms with E-state index in [0.29, 0.717) is 51.4 Å². The maximum atomic E-state index is 12.5. The van der Waals surface area contributed by atoms with Crippen LogP contribution in [0.25, 0.3) is 0 Å². The van der Waals surface area contributed by atoms with Crippen LogP contribution in [0.4, 0.5) is 26.3 Å². The molecule has 3 fully saturated rings. The maximum Gasteiger partial charge on any atom is 0.416 e. The van der Waals surface area contributed by atoms with Crippen LogP contribution in [0.5, 0.6) is 0 Å². The summed E-state index contributed by atoms with van der Waals surface area (Å²) >= 11 is 0. The molecule has 5 rings (SSSR count). The van der Waals surface area contributed by atoms with Crippen LogP contribution < -0.4 is 15.2 Å². The lowest BCUT2D eigenvalue weighted by atomic mass is 9.86. The van der Waals surface area contributed by atoms with E-state index < -0.39 is 49.4 Å². The van der Waals surface area contributed by atoms with Crippen molar-refractivity contribution in [3.05, 3.63) is 59.7 Å². The quantitative estimate of drug-likeness (QED) is 0.296. The van der Waals surface area contributed by atoms with Gasteiger partial charge in [0.05, 0.1) is 27.0 Å². The molecule has 1 amide bonds. The van der Waals surface area contributed by atoms with Crippen molar-refractivity contribution in [2.24, 2.45) is 17.6 Å². The predicted molar refractivity (Wildman–Crippen MR) is 170 cm³/mol. The number of hydrogen-bond donors (Lipinski definition) is 3. The molecule has 18 heteroatoms. The second kappa shape index (κ2) is 17.8. The molecule has 2 aromatic rings. The van der Waals surface area contributed by atoms with Gasteiger partial charge in [0.25, 0.3) is 0 Å². The minimum atomic E-state index is -4.51. The van der Waals surface area contributed by atoms with E-state index >= 15 is 0 Å². The minimum absolute atomic E-state index is 0.0492. The topological polar surface area (TPSA) is 168 Å². The Hall–Kier alpha value is -3.24. The molecule has 0 unspecified atom stereocenters. The van der Waals surface area contributed by atoms with Crippen molar-refractivity contribution in [3.63, 3.8) is 0 Å². The average molecular weight is 755 g/mol. The van der Waals surface area contributed by atoms with Crippen molar-refractivity contribution in [3.8, 4) is 6.07 Å². The number of rotatable bonds is 7. The SMILES string of the molecule is C1CCOC1.N#CC1CCC(NS(=O)(=O)c2ccc(C(F)(F)F)cc2)CC1.NC(=O)C1CCC(NS(=O)(=O)c2ccc(C(F)(F)F)cc2)CC1. The first-order valence-electron chi connectivity index (χ1n) is 16.0. The number of ether oxygens (including phenoxy) is 1. The molecule has 1 heterocycles. The normalized spacial score (nSPS) is 23.0. The number of halogens is 6. The third-order valence-corrected chi connectivity index (χ3v) is 11.6. The number of carbonyl (C=O) groups excluding carboxylic acids is 1. The van der Waals surface area contributed by atoms with Gasteiger partial charge in [0.1, 0.15) is 0 Å². The Balaban J connectivity index is 0.000000237. The van der Waals surface area contributed by atoms with E-state index in [1.165, 1.54) is 12.8 Å². The van der Waals surface area contributed by atoms with Crippen LogP contribution in [0, 0.1) is 23.2 Å². The van der Waals surface area contributed by atoms with E-state index in [4.69, 9.17) is 15.7 Å². The van der Waals surface area contributed by atoms with E-state index in [1.807, 2.05) is 0 Å². The standard InChI is InChI=1S/C14H17F3N2O3S.C14H15F3N2O2S.C4H8O/c15-14(16,17)10-3-7-12(8-4-10)23(21,22)19-11-5-1-9(2-6-11)13(18)20;15-14(16,17)11-3-7-13(8-4-11)22(20,21)19-12-5-1-10(9-18)2-6-12;1-2-4-5-3-1/h3-4,7-9,11,19H,1-2,5-6H2,(H2,18,20);3-4,7-8,10,12,19H,1-2,5-6H2;1-4H2. The van der Waals surface area contributed by atoms with E-state index in [-0.39, 0.29) is 33.7 Å². The number of nitrogens with two attached hydrogens (primary N) is 1. The molecule has 10 nitrogen and oxygen atoms in total. The highest BCUT2D eigenvalue weighted by Gasteiger charge is 2.33. The van der Waals surface area contributed by atoms with Crippen LogP contribution in [0.15, 0.2) is 58.3 Å². The fourth-order valence-corrected chi connectivity index (χ4v) is 8.18. The van der Waals surface area contributed by atoms with Gasteiger partial charge in [-0.2, -0.15) is 31.6 Å². The molecule has 1 saturated heterocycles. The van der Waals surface area contributed by atoms with Gasteiger partial charge < -0.3 is 10.5 Å². The Bertz CT molecular complexity index is 1640. The lowest BCUT2D eigenvalue weighted by Crippen LogP contribution is -2.39. The Kier molecular flexibility index (Phi) is 14.7. The number of nitrogens with zero attached hydrogens (tertiary/aromatic N) is 1. The molecule has 0 spiro atoms. The molecule has 278 valence electrons. The first-order valence-corrected chi connectivity index (χ1v) is 18.9. The van der Waals surface area contributed by atoms with Crippen LogP contribution in [-0.2, 0) is 41.9 Å². The van der Waals surface area contributed by atoms with Gasteiger partial charge in [0, 0.05) is 37.1 Å². The Morgan fingerprint density at radius 2 is 1.04 bits per heavy atom. The molecule has 2 saturated carbocycles. The minimum Gasteiger partial charge on any atom is -0.381 e. The van der Waals surface area contributed by atoms with Crippen LogP contribution >= 0.6 is 0 Å². The van der Waals surface area contributed by atoms with Crippen LogP contribution in [0.3, 0.4) is 0 Å². The first kappa shape index (κ1) is 41.2. The second-order valence-corrected chi connectivity index (χ2v) is 15.7. The number of sulfonamides is 2. The molecule has 0 bridgehead atoms. The van der Waals surface area contributed by atoms with Gasteiger partial charge in [0.2, 0.25) is 26.0 Å². The number of hydrogen-bond acceptors (Lipinski definition) is 7. The van der Waals surface area contributed by atoms with Gasteiger partial charge in [-0.3, -0.25) is 4.79 Å². The van der Waals surface area contributed by atoms with Crippen molar-refractivity contribution in [1.29, 1.82) is 5.26 Å². The van der Waals surface area contributed by atoms with Crippen molar-refractivity contribution in [2.75, 3.05) is 13.2 Å². The third kappa shape index (κ3) is 12.8. The molecule has 0 radical (unpaired) electrons. The summed E-state index contributed by atoms with van der Waals surface area (Å²) in [7, 11) is -7.74. The zero-order valence-electron chi connectivity index (χ0n) is 27.0. The number of nitrogens with one attached hydrogen (secondary N) is 2. The Morgan fingerprint density at radius 3 is 1.32 bits per heavy atom. The van der Waals surface area contributed by atoms with Gasteiger partial charge >= 0.3 is 12.4 Å². The summed E-state index contributed by atoms with van der Waals surface area (Å²) in [4.78, 5) is 10.7. The van der Waals surface area contributed by atoms with Gasteiger partial charge in [0.15, 0.2) is 0 Å². The fraction of sp³-hybridized carbons (Fsp3) is 0.562. The molecular weight excluding hydrogens is 714 g/mol. The van der Waals surface area contributed by atoms with Gasteiger partial charge in [-0.1, -0.05) is 0 Å². The fourth-order valence-electron chi connectivity index (χ4n) is 5.57. The van der Waals surface area contributed by atoms with Crippen LogP contribution in [0.1, 0.15) is 75.3 Å². The van der Waals surface area contributed by atoms with Gasteiger partial charge in [-0.15, -0.1) is 0 Å². The Morgan fingerprint density at radius 1 is 0.680 bits per heavy atom. The molecule has 1 aliphatic heterocycles. The molecule has 0 aromatic heterocycles. The van der Waals surface area contributed by atoms with E-state index in [2.05, 4.69) is 15.5 Å². The van der Waals surface area contributed by atoms with Gasteiger partial charge in [-0.05, 0) is 113 Å². The largest absolute Gasteiger partial charge is 0.416 e. The van der Waals surface area contributed by atoms with Crippen molar-refractivity contribution >= 4 is 26.0 Å². The molecule has 4 N–H and O–H groups in total. The van der Waals surface area contributed by atoms with Crippen LogP contribution in [-0.4, -0.2) is 48.0 Å². The molecular formula is C32H40F6N4O6S2. The number of primary amides is 1. The third-order valence-electron chi connectivity index (χ3n) is 8.49. The summed E-state index contributed by atoms with van der Waals surface area (Å²) in [5, 5.41) is 8.80. The summed E-state index contributed by atoms with van der Waals surface area (Å²) in [5.74, 6) is -0.692. The number of alkyl halides is 6. The number of amides is 1. The monoisotopic (exact) mass is 754 g/mol. The molecule has 0 atom stereocenters. The summed E-state index contributed by atoms with van der Waals surface area (Å²) in [6.07, 6.45) is -2.18. The molecule has 3 aliphatic rings. The zero-order chi connectivity index (χ0) is 37.2. The van der Waals surface area contributed by atoms with E-state index in [0.717, 1.165) is 61.7 Å². The zero-order valence-corrected chi connectivity index (χ0v) is 28.6. The van der Waals surface area contributed by atoms with Crippen molar-refractivity contribution < 1.29 is 52.7 Å². The Labute approximate surface area is 287 Å². The molecule has 2 aromatic carbocycles. The van der Waals surface area contributed by atoms with E-state index in [1.54, 1.807) is 0 Å². The average Bonchev–Trinajstić information content (AvgIpc) is 3.65. The number of carbonyl (C=O) groups is 1. The van der Waals surface area contributed by atoms with Crippen molar-refractivity contribution in [1.82, 2.24) is 9.44 Å². The van der Waals surface area contributed by atoms with Crippen molar-refractivity contribution in [2.45, 2.75) is 98.4 Å². The first-order chi connectivity index (χ1) is 23.3. The summed E-state index contributed by atoms with van der Waals surface area (Å²) in [6.45, 7) is 2.00. The lowest BCUT2D eigenvalue weighted by molar-refractivity contribution is -0.138. The second-order valence-electron chi connectivity index (χ2n) is 12.2.